The van der Waals surface area contributed by atoms with Gasteiger partial charge < -0.3 is 5.32 Å². The standard InChI is InChI=1S/C11H13ClFNS/c1-7-5-14-11(6-15-7)9-3-2-8(13)4-10(9)12/h2-4,7,11,14H,5-6H2,1H3. The monoisotopic (exact) mass is 245 g/mol. The van der Waals surface area contributed by atoms with Gasteiger partial charge in [0.15, 0.2) is 0 Å². The molecule has 0 amide bonds. The van der Waals surface area contributed by atoms with Crippen LogP contribution in [0.1, 0.15) is 18.5 Å². The first-order valence-electron chi connectivity index (χ1n) is 4.97. The molecular formula is C11H13ClFNS. The molecule has 4 heteroatoms. The molecule has 1 N–H and O–H groups in total. The zero-order chi connectivity index (χ0) is 10.8. The van der Waals surface area contributed by atoms with Gasteiger partial charge in [0, 0.05) is 28.6 Å². The van der Waals surface area contributed by atoms with Crippen molar-refractivity contribution in [2.45, 2.75) is 18.2 Å². The van der Waals surface area contributed by atoms with E-state index in [1.54, 1.807) is 6.07 Å². The minimum atomic E-state index is -0.277. The Bertz CT molecular complexity index is 350. The van der Waals surface area contributed by atoms with Gasteiger partial charge in [-0.3, -0.25) is 0 Å². The van der Waals surface area contributed by atoms with E-state index in [-0.39, 0.29) is 11.9 Å². The summed E-state index contributed by atoms with van der Waals surface area (Å²) in [5.74, 6) is 0.715. The van der Waals surface area contributed by atoms with Crippen LogP contribution in [0, 0.1) is 5.82 Å². The van der Waals surface area contributed by atoms with Crippen molar-refractivity contribution in [3.63, 3.8) is 0 Å². The zero-order valence-corrected chi connectivity index (χ0v) is 10.0. The average Bonchev–Trinajstić information content (AvgIpc) is 2.20. The second-order valence-corrected chi connectivity index (χ2v) is 5.65. The van der Waals surface area contributed by atoms with Crippen molar-refractivity contribution in [1.82, 2.24) is 5.32 Å². The second-order valence-electron chi connectivity index (χ2n) is 3.77. The van der Waals surface area contributed by atoms with Crippen molar-refractivity contribution in [2.24, 2.45) is 0 Å². The number of hydrogen-bond acceptors (Lipinski definition) is 2. The molecule has 1 aliphatic heterocycles. The highest BCUT2D eigenvalue weighted by Crippen LogP contribution is 2.30. The predicted molar refractivity (Wildman–Crippen MR) is 64.1 cm³/mol. The van der Waals surface area contributed by atoms with E-state index in [0.29, 0.717) is 10.3 Å². The molecule has 1 heterocycles. The number of benzene rings is 1. The van der Waals surface area contributed by atoms with Gasteiger partial charge in [-0.05, 0) is 17.7 Å². The lowest BCUT2D eigenvalue weighted by atomic mass is 10.1. The SMILES string of the molecule is CC1CNC(c2ccc(F)cc2Cl)CS1. The molecule has 2 unspecified atom stereocenters. The Morgan fingerprint density at radius 2 is 2.33 bits per heavy atom. The highest BCUT2D eigenvalue weighted by Gasteiger charge is 2.21. The van der Waals surface area contributed by atoms with Gasteiger partial charge in [0.05, 0.1) is 0 Å². The van der Waals surface area contributed by atoms with Crippen LogP contribution in [0.3, 0.4) is 0 Å². The summed E-state index contributed by atoms with van der Waals surface area (Å²) in [6, 6.07) is 4.86. The maximum absolute atomic E-state index is 12.9. The molecular weight excluding hydrogens is 233 g/mol. The van der Waals surface area contributed by atoms with Crippen LogP contribution >= 0.6 is 23.4 Å². The molecule has 0 aliphatic carbocycles. The number of nitrogens with one attached hydrogen (secondary N) is 1. The van der Waals surface area contributed by atoms with Crippen molar-refractivity contribution >= 4 is 23.4 Å². The smallest absolute Gasteiger partial charge is 0.124 e. The van der Waals surface area contributed by atoms with Gasteiger partial charge in [0.2, 0.25) is 0 Å². The lowest BCUT2D eigenvalue weighted by Gasteiger charge is -2.28. The van der Waals surface area contributed by atoms with Crippen molar-refractivity contribution in [3.8, 4) is 0 Å². The van der Waals surface area contributed by atoms with Crippen LogP contribution in [0.25, 0.3) is 0 Å². The van der Waals surface area contributed by atoms with E-state index in [0.717, 1.165) is 17.9 Å². The van der Waals surface area contributed by atoms with Crippen molar-refractivity contribution in [1.29, 1.82) is 0 Å². The third-order valence-corrected chi connectivity index (χ3v) is 4.13. The first-order valence-corrected chi connectivity index (χ1v) is 6.39. The Morgan fingerprint density at radius 1 is 1.53 bits per heavy atom. The summed E-state index contributed by atoms with van der Waals surface area (Å²) in [5, 5.41) is 4.57. The number of rotatable bonds is 1. The summed E-state index contributed by atoms with van der Waals surface area (Å²) >= 11 is 7.93. The quantitative estimate of drug-likeness (QED) is 0.815. The Balaban J connectivity index is 2.15. The molecule has 82 valence electrons. The van der Waals surface area contributed by atoms with Crippen LogP contribution in [0.4, 0.5) is 4.39 Å². The van der Waals surface area contributed by atoms with E-state index >= 15 is 0 Å². The maximum atomic E-state index is 12.9. The topological polar surface area (TPSA) is 12.0 Å². The predicted octanol–water partition coefficient (Wildman–Crippen LogP) is 3.25. The molecule has 1 saturated heterocycles. The van der Waals surface area contributed by atoms with Crippen molar-refractivity contribution in [2.75, 3.05) is 12.3 Å². The molecule has 1 nitrogen and oxygen atoms in total. The molecule has 2 atom stereocenters. The molecule has 1 aromatic rings. The molecule has 0 spiro atoms. The van der Waals surface area contributed by atoms with E-state index in [4.69, 9.17) is 11.6 Å². The third kappa shape index (κ3) is 2.65. The van der Waals surface area contributed by atoms with Crippen LogP contribution in [-0.4, -0.2) is 17.5 Å². The molecule has 1 aliphatic rings. The van der Waals surface area contributed by atoms with Gasteiger partial charge in [0.25, 0.3) is 0 Å². The van der Waals surface area contributed by atoms with Crippen LogP contribution in [0.2, 0.25) is 5.02 Å². The summed E-state index contributed by atoms with van der Waals surface area (Å²) in [5.41, 5.74) is 0.998. The second kappa shape index (κ2) is 4.73. The lowest BCUT2D eigenvalue weighted by Crippen LogP contribution is -2.34. The van der Waals surface area contributed by atoms with Crippen LogP contribution in [0.5, 0.6) is 0 Å². The van der Waals surface area contributed by atoms with Crippen LogP contribution in [-0.2, 0) is 0 Å². The fraction of sp³-hybridized carbons (Fsp3) is 0.455. The summed E-state index contributed by atoms with van der Waals surface area (Å²) < 4.78 is 12.9. The summed E-state index contributed by atoms with van der Waals surface area (Å²) in [7, 11) is 0. The van der Waals surface area contributed by atoms with Crippen LogP contribution in [0.15, 0.2) is 18.2 Å². The fourth-order valence-corrected chi connectivity index (χ4v) is 3.00. The van der Waals surface area contributed by atoms with Crippen molar-refractivity contribution in [3.05, 3.63) is 34.6 Å². The minimum absolute atomic E-state index is 0.249. The Kier molecular flexibility index (Phi) is 3.54. The van der Waals surface area contributed by atoms with Gasteiger partial charge >= 0.3 is 0 Å². The number of thioether (sulfide) groups is 1. The molecule has 0 saturated carbocycles. The molecule has 0 bridgehead atoms. The normalized spacial score (nSPS) is 26.6. The lowest BCUT2D eigenvalue weighted by molar-refractivity contribution is 0.561. The Labute approximate surface area is 98.4 Å². The molecule has 0 radical (unpaired) electrons. The summed E-state index contributed by atoms with van der Waals surface area (Å²) in [6.07, 6.45) is 0. The fourth-order valence-electron chi connectivity index (χ4n) is 1.67. The molecule has 1 aromatic carbocycles. The van der Waals surface area contributed by atoms with E-state index in [9.17, 15) is 4.39 Å². The molecule has 2 rings (SSSR count). The highest BCUT2D eigenvalue weighted by molar-refractivity contribution is 8.00. The van der Waals surface area contributed by atoms with E-state index in [1.807, 2.05) is 11.8 Å². The molecule has 15 heavy (non-hydrogen) atoms. The number of hydrogen-bond donors (Lipinski definition) is 1. The van der Waals surface area contributed by atoms with Crippen molar-refractivity contribution < 1.29 is 4.39 Å². The van der Waals surface area contributed by atoms with Gasteiger partial charge in [-0.15, -0.1) is 0 Å². The summed E-state index contributed by atoms with van der Waals surface area (Å²) in [4.78, 5) is 0. The van der Waals surface area contributed by atoms with Gasteiger partial charge in [-0.25, -0.2) is 4.39 Å². The zero-order valence-electron chi connectivity index (χ0n) is 8.47. The van der Waals surface area contributed by atoms with Gasteiger partial charge in [-0.2, -0.15) is 11.8 Å². The first kappa shape index (κ1) is 11.2. The largest absolute Gasteiger partial charge is 0.308 e. The molecule has 0 aromatic heterocycles. The highest BCUT2D eigenvalue weighted by atomic mass is 35.5. The third-order valence-electron chi connectivity index (χ3n) is 2.54. The van der Waals surface area contributed by atoms with E-state index in [1.165, 1.54) is 12.1 Å². The Hall–Kier alpha value is -0.250. The van der Waals surface area contributed by atoms with Gasteiger partial charge in [-0.1, -0.05) is 24.6 Å². The van der Waals surface area contributed by atoms with E-state index < -0.39 is 0 Å². The maximum Gasteiger partial charge on any atom is 0.124 e. The number of halogens is 2. The molecule has 1 fully saturated rings. The first-order chi connectivity index (χ1) is 7.16. The minimum Gasteiger partial charge on any atom is -0.308 e. The van der Waals surface area contributed by atoms with Gasteiger partial charge in [0.1, 0.15) is 5.82 Å². The van der Waals surface area contributed by atoms with E-state index in [2.05, 4.69) is 12.2 Å². The Morgan fingerprint density at radius 3 is 2.93 bits per heavy atom. The summed E-state index contributed by atoms with van der Waals surface area (Å²) in [6.45, 7) is 3.17. The average molecular weight is 246 g/mol. The van der Waals surface area contributed by atoms with Crippen LogP contribution < -0.4 is 5.32 Å².